The van der Waals surface area contributed by atoms with Crippen LogP contribution in [0.1, 0.15) is 5.56 Å². The molecule has 3 aromatic rings. The molecular formula is C17H17BrN2. The van der Waals surface area contributed by atoms with E-state index in [0.717, 1.165) is 23.2 Å². The zero-order valence-corrected chi connectivity index (χ0v) is 13.0. The lowest BCUT2D eigenvalue weighted by atomic mass is 10.2. The molecular weight excluding hydrogens is 312 g/mol. The van der Waals surface area contributed by atoms with Crippen LogP contribution in [0.15, 0.2) is 59.2 Å². The molecule has 0 radical (unpaired) electrons. The Morgan fingerprint density at radius 1 is 1.10 bits per heavy atom. The van der Waals surface area contributed by atoms with E-state index in [1.807, 2.05) is 12.1 Å². The molecule has 2 aromatic carbocycles. The molecule has 102 valence electrons. The largest absolute Gasteiger partial charge is 0.383 e. The van der Waals surface area contributed by atoms with Gasteiger partial charge in [0.15, 0.2) is 0 Å². The molecule has 0 aliphatic heterocycles. The summed E-state index contributed by atoms with van der Waals surface area (Å²) in [7, 11) is 0. The fourth-order valence-corrected chi connectivity index (χ4v) is 2.81. The number of rotatable bonds is 4. The highest BCUT2D eigenvalue weighted by atomic mass is 79.9. The highest BCUT2D eigenvalue weighted by Crippen LogP contribution is 2.18. The summed E-state index contributed by atoms with van der Waals surface area (Å²) >= 11 is 3.49. The quantitative estimate of drug-likeness (QED) is 0.726. The minimum Gasteiger partial charge on any atom is -0.383 e. The number of nitrogens with zero attached hydrogens (tertiary/aromatic N) is 1. The molecule has 0 fully saturated rings. The lowest BCUT2D eigenvalue weighted by Crippen LogP contribution is -2.09. The summed E-state index contributed by atoms with van der Waals surface area (Å²) in [5, 5.41) is 4.76. The molecule has 0 spiro atoms. The van der Waals surface area contributed by atoms with E-state index in [1.165, 1.54) is 16.5 Å². The van der Waals surface area contributed by atoms with Gasteiger partial charge in [-0.1, -0.05) is 34.1 Å². The summed E-state index contributed by atoms with van der Waals surface area (Å²) in [6.45, 7) is 4.00. The van der Waals surface area contributed by atoms with Crippen molar-refractivity contribution in [2.75, 3.05) is 11.9 Å². The Kier molecular flexibility index (Phi) is 3.79. The maximum Gasteiger partial charge on any atom is 0.0483 e. The molecule has 3 rings (SSSR count). The molecule has 1 heterocycles. The first-order chi connectivity index (χ1) is 9.72. The summed E-state index contributed by atoms with van der Waals surface area (Å²) in [5.41, 5.74) is 3.76. The second-order valence-electron chi connectivity index (χ2n) is 5.01. The summed E-state index contributed by atoms with van der Waals surface area (Å²) in [4.78, 5) is 0. The van der Waals surface area contributed by atoms with Crippen LogP contribution in [-0.4, -0.2) is 11.1 Å². The molecule has 0 atom stereocenters. The second kappa shape index (κ2) is 5.71. The number of hydrogen-bond donors (Lipinski definition) is 1. The van der Waals surface area contributed by atoms with Crippen molar-refractivity contribution in [2.24, 2.45) is 0 Å². The Bertz CT molecular complexity index is 731. The van der Waals surface area contributed by atoms with Gasteiger partial charge in [-0.2, -0.15) is 0 Å². The molecule has 3 heteroatoms. The summed E-state index contributed by atoms with van der Waals surface area (Å²) in [5.74, 6) is 0. The van der Waals surface area contributed by atoms with Gasteiger partial charge >= 0.3 is 0 Å². The van der Waals surface area contributed by atoms with Crippen molar-refractivity contribution >= 4 is 32.5 Å². The highest BCUT2D eigenvalue weighted by Gasteiger charge is 2.01. The predicted octanol–water partition coefficient (Wildman–Crippen LogP) is 4.82. The third-order valence-electron chi connectivity index (χ3n) is 3.44. The highest BCUT2D eigenvalue weighted by molar-refractivity contribution is 9.10. The number of aryl methyl sites for hydroxylation is 1. The molecule has 0 bridgehead atoms. The van der Waals surface area contributed by atoms with E-state index in [9.17, 15) is 0 Å². The number of benzene rings is 2. The van der Waals surface area contributed by atoms with E-state index >= 15 is 0 Å². The molecule has 0 aliphatic carbocycles. The van der Waals surface area contributed by atoms with Crippen LogP contribution in [-0.2, 0) is 6.54 Å². The zero-order chi connectivity index (χ0) is 13.9. The average molecular weight is 329 g/mol. The fourth-order valence-electron chi connectivity index (χ4n) is 2.41. The minimum atomic E-state index is 0.911. The number of halogens is 1. The van der Waals surface area contributed by atoms with Gasteiger partial charge in [0, 0.05) is 35.0 Å². The summed E-state index contributed by atoms with van der Waals surface area (Å²) in [6.07, 6.45) is 2.16. The van der Waals surface area contributed by atoms with Crippen LogP contribution in [0.4, 0.5) is 5.69 Å². The molecule has 0 aliphatic rings. The van der Waals surface area contributed by atoms with Crippen molar-refractivity contribution in [3.63, 3.8) is 0 Å². The van der Waals surface area contributed by atoms with Gasteiger partial charge in [0.25, 0.3) is 0 Å². The Labute approximate surface area is 127 Å². The third kappa shape index (κ3) is 2.88. The van der Waals surface area contributed by atoms with Gasteiger partial charge in [-0.05, 0) is 48.2 Å². The molecule has 0 saturated carbocycles. The van der Waals surface area contributed by atoms with Crippen molar-refractivity contribution < 1.29 is 0 Å². The lowest BCUT2D eigenvalue weighted by molar-refractivity contribution is 0.757. The van der Waals surface area contributed by atoms with Crippen LogP contribution >= 0.6 is 15.9 Å². The topological polar surface area (TPSA) is 17.0 Å². The SMILES string of the molecule is Cc1ccc2ccn(CCNc3cccc(Br)c3)c2c1. The van der Waals surface area contributed by atoms with Gasteiger partial charge in [-0.3, -0.25) is 0 Å². The van der Waals surface area contributed by atoms with Crippen molar-refractivity contribution in [1.29, 1.82) is 0 Å². The number of fused-ring (bicyclic) bond motifs is 1. The normalized spacial score (nSPS) is 10.9. The van der Waals surface area contributed by atoms with Gasteiger partial charge in [0.2, 0.25) is 0 Å². The third-order valence-corrected chi connectivity index (χ3v) is 3.93. The lowest BCUT2D eigenvalue weighted by Gasteiger charge is -2.09. The summed E-state index contributed by atoms with van der Waals surface area (Å²) in [6, 6.07) is 17.0. The first-order valence-electron chi connectivity index (χ1n) is 6.77. The van der Waals surface area contributed by atoms with Crippen molar-refractivity contribution in [2.45, 2.75) is 13.5 Å². The predicted molar refractivity (Wildman–Crippen MR) is 89.3 cm³/mol. The van der Waals surface area contributed by atoms with E-state index < -0.39 is 0 Å². The number of aromatic nitrogens is 1. The van der Waals surface area contributed by atoms with E-state index in [2.05, 4.69) is 75.3 Å². The van der Waals surface area contributed by atoms with Gasteiger partial charge < -0.3 is 9.88 Å². The van der Waals surface area contributed by atoms with E-state index in [0.29, 0.717) is 0 Å². The average Bonchev–Trinajstić information content (AvgIpc) is 2.82. The maximum atomic E-state index is 3.49. The van der Waals surface area contributed by atoms with Gasteiger partial charge in [0.05, 0.1) is 0 Å². The van der Waals surface area contributed by atoms with Crippen LogP contribution in [0.2, 0.25) is 0 Å². The first-order valence-corrected chi connectivity index (χ1v) is 7.56. The van der Waals surface area contributed by atoms with Crippen molar-refractivity contribution in [3.8, 4) is 0 Å². The van der Waals surface area contributed by atoms with Gasteiger partial charge in [0.1, 0.15) is 0 Å². The monoisotopic (exact) mass is 328 g/mol. The standard InChI is InChI=1S/C17H17BrN2/c1-13-5-6-14-7-9-20(17(14)11-13)10-8-19-16-4-2-3-15(18)12-16/h2-7,9,11-12,19H,8,10H2,1H3. The Morgan fingerprint density at radius 2 is 2.00 bits per heavy atom. The number of anilines is 1. The summed E-state index contributed by atoms with van der Waals surface area (Å²) < 4.78 is 3.40. The first kappa shape index (κ1) is 13.3. The van der Waals surface area contributed by atoms with E-state index in [-0.39, 0.29) is 0 Å². The minimum absolute atomic E-state index is 0.911. The molecule has 0 unspecified atom stereocenters. The Hall–Kier alpha value is -1.74. The molecule has 2 nitrogen and oxygen atoms in total. The van der Waals surface area contributed by atoms with E-state index in [4.69, 9.17) is 0 Å². The Morgan fingerprint density at radius 3 is 2.85 bits per heavy atom. The molecule has 0 saturated heterocycles. The second-order valence-corrected chi connectivity index (χ2v) is 5.92. The van der Waals surface area contributed by atoms with Crippen LogP contribution < -0.4 is 5.32 Å². The van der Waals surface area contributed by atoms with Crippen LogP contribution in [0, 0.1) is 6.92 Å². The smallest absolute Gasteiger partial charge is 0.0483 e. The van der Waals surface area contributed by atoms with Crippen molar-refractivity contribution in [3.05, 3.63) is 64.8 Å². The number of nitrogens with one attached hydrogen (secondary N) is 1. The maximum absolute atomic E-state index is 3.49. The molecule has 1 aromatic heterocycles. The van der Waals surface area contributed by atoms with Gasteiger partial charge in [-0.25, -0.2) is 0 Å². The zero-order valence-electron chi connectivity index (χ0n) is 11.4. The fraction of sp³-hybridized carbons (Fsp3) is 0.176. The number of hydrogen-bond acceptors (Lipinski definition) is 1. The van der Waals surface area contributed by atoms with Crippen LogP contribution in [0.5, 0.6) is 0 Å². The Balaban J connectivity index is 1.69. The molecule has 1 N–H and O–H groups in total. The van der Waals surface area contributed by atoms with Gasteiger partial charge in [-0.15, -0.1) is 0 Å². The van der Waals surface area contributed by atoms with Crippen LogP contribution in [0.25, 0.3) is 10.9 Å². The van der Waals surface area contributed by atoms with Crippen LogP contribution in [0.3, 0.4) is 0 Å². The molecule has 0 amide bonds. The van der Waals surface area contributed by atoms with Crippen molar-refractivity contribution in [1.82, 2.24) is 4.57 Å². The molecule has 20 heavy (non-hydrogen) atoms. The van der Waals surface area contributed by atoms with E-state index in [1.54, 1.807) is 0 Å².